The molecule has 0 spiro atoms. The number of rotatable bonds is 5. The molecule has 1 amide bonds. The molecule has 0 aliphatic rings. The Bertz CT molecular complexity index is 451. The molecule has 5 nitrogen and oxygen atoms in total. The SMILES string of the molecule is COC(=O)C(C)CN(C)C(=O)c1cccn1C(C)C. The van der Waals surface area contributed by atoms with Gasteiger partial charge in [-0.05, 0) is 26.0 Å². The molecule has 0 aliphatic carbocycles. The van der Waals surface area contributed by atoms with Crippen molar-refractivity contribution in [3.8, 4) is 0 Å². The number of aromatic nitrogens is 1. The fraction of sp³-hybridized carbons (Fsp3) is 0.571. The third-order valence-corrected chi connectivity index (χ3v) is 3.05. The highest BCUT2D eigenvalue weighted by Crippen LogP contribution is 2.13. The summed E-state index contributed by atoms with van der Waals surface area (Å²) < 4.78 is 6.58. The quantitative estimate of drug-likeness (QED) is 0.765. The van der Waals surface area contributed by atoms with E-state index in [1.807, 2.05) is 30.7 Å². The molecule has 0 saturated carbocycles. The van der Waals surface area contributed by atoms with Crippen molar-refractivity contribution in [2.45, 2.75) is 26.8 Å². The zero-order chi connectivity index (χ0) is 14.6. The fourth-order valence-electron chi connectivity index (χ4n) is 1.99. The molecule has 0 bridgehead atoms. The van der Waals surface area contributed by atoms with E-state index in [9.17, 15) is 9.59 Å². The Morgan fingerprint density at radius 3 is 2.53 bits per heavy atom. The lowest BCUT2D eigenvalue weighted by molar-refractivity contribution is -0.145. The first-order chi connectivity index (χ1) is 8.88. The van der Waals surface area contributed by atoms with Crippen molar-refractivity contribution in [1.29, 1.82) is 0 Å². The third-order valence-electron chi connectivity index (χ3n) is 3.05. The predicted octanol–water partition coefficient (Wildman–Crippen LogP) is 1.95. The fourth-order valence-corrected chi connectivity index (χ4v) is 1.99. The number of amides is 1. The number of carbonyl (C=O) groups is 2. The van der Waals surface area contributed by atoms with Gasteiger partial charge in [-0.1, -0.05) is 6.92 Å². The molecule has 1 rings (SSSR count). The van der Waals surface area contributed by atoms with E-state index in [1.165, 1.54) is 7.11 Å². The van der Waals surface area contributed by atoms with Gasteiger partial charge in [0.25, 0.3) is 5.91 Å². The van der Waals surface area contributed by atoms with Gasteiger partial charge in [0.1, 0.15) is 5.69 Å². The molecule has 0 saturated heterocycles. The molecule has 1 aromatic rings. The van der Waals surface area contributed by atoms with E-state index in [-0.39, 0.29) is 23.8 Å². The monoisotopic (exact) mass is 266 g/mol. The summed E-state index contributed by atoms with van der Waals surface area (Å²) in [4.78, 5) is 25.2. The van der Waals surface area contributed by atoms with E-state index < -0.39 is 0 Å². The highest BCUT2D eigenvalue weighted by molar-refractivity contribution is 5.93. The largest absolute Gasteiger partial charge is 0.469 e. The summed E-state index contributed by atoms with van der Waals surface area (Å²) in [6, 6.07) is 3.87. The van der Waals surface area contributed by atoms with Gasteiger partial charge in [0, 0.05) is 25.8 Å². The summed E-state index contributed by atoms with van der Waals surface area (Å²) >= 11 is 0. The lowest BCUT2D eigenvalue weighted by Crippen LogP contribution is -2.35. The number of ether oxygens (including phenoxy) is 1. The minimum Gasteiger partial charge on any atom is -0.469 e. The van der Waals surface area contributed by atoms with Crippen molar-refractivity contribution in [3.63, 3.8) is 0 Å². The lowest BCUT2D eigenvalue weighted by atomic mass is 10.1. The highest BCUT2D eigenvalue weighted by atomic mass is 16.5. The Labute approximate surface area is 114 Å². The summed E-state index contributed by atoms with van der Waals surface area (Å²) in [5, 5.41) is 0. The van der Waals surface area contributed by atoms with E-state index in [4.69, 9.17) is 0 Å². The van der Waals surface area contributed by atoms with Crippen molar-refractivity contribution < 1.29 is 14.3 Å². The van der Waals surface area contributed by atoms with Gasteiger partial charge in [-0.15, -0.1) is 0 Å². The van der Waals surface area contributed by atoms with Gasteiger partial charge in [-0.3, -0.25) is 9.59 Å². The molecule has 1 aromatic heterocycles. The number of hydrogen-bond acceptors (Lipinski definition) is 3. The Morgan fingerprint density at radius 1 is 1.37 bits per heavy atom. The smallest absolute Gasteiger partial charge is 0.310 e. The van der Waals surface area contributed by atoms with Gasteiger partial charge in [-0.2, -0.15) is 0 Å². The predicted molar refractivity (Wildman–Crippen MR) is 73.0 cm³/mol. The second-order valence-electron chi connectivity index (χ2n) is 5.00. The second kappa shape index (κ2) is 6.41. The number of carbonyl (C=O) groups excluding carboxylic acids is 2. The van der Waals surface area contributed by atoms with Crippen LogP contribution in [0.25, 0.3) is 0 Å². The topological polar surface area (TPSA) is 51.5 Å². The summed E-state index contributed by atoms with van der Waals surface area (Å²) in [7, 11) is 3.05. The van der Waals surface area contributed by atoms with E-state index in [0.717, 1.165) is 0 Å². The molecule has 19 heavy (non-hydrogen) atoms. The summed E-state index contributed by atoms with van der Waals surface area (Å²) in [6.45, 7) is 6.13. The number of nitrogens with zero attached hydrogens (tertiary/aromatic N) is 2. The number of methoxy groups -OCH3 is 1. The van der Waals surface area contributed by atoms with Crippen molar-refractivity contribution in [2.24, 2.45) is 5.92 Å². The molecule has 0 fully saturated rings. The molecular weight excluding hydrogens is 244 g/mol. The molecule has 1 atom stereocenters. The van der Waals surface area contributed by atoms with Crippen molar-refractivity contribution in [3.05, 3.63) is 24.0 Å². The molecule has 0 aromatic carbocycles. The van der Waals surface area contributed by atoms with Crippen LogP contribution in [0.15, 0.2) is 18.3 Å². The maximum absolute atomic E-state index is 12.3. The minimum atomic E-state index is -0.332. The molecule has 1 unspecified atom stereocenters. The molecule has 1 heterocycles. The van der Waals surface area contributed by atoms with Crippen LogP contribution in [0.4, 0.5) is 0 Å². The normalized spacial score (nSPS) is 12.3. The average Bonchev–Trinajstić information content (AvgIpc) is 2.85. The van der Waals surface area contributed by atoms with E-state index >= 15 is 0 Å². The minimum absolute atomic E-state index is 0.0885. The Kier molecular flexibility index (Phi) is 5.15. The summed E-state index contributed by atoms with van der Waals surface area (Å²) in [6.07, 6.45) is 1.88. The Morgan fingerprint density at radius 2 is 2.00 bits per heavy atom. The van der Waals surface area contributed by atoms with Crippen molar-refractivity contribution in [2.75, 3.05) is 20.7 Å². The van der Waals surface area contributed by atoms with E-state index in [2.05, 4.69) is 4.74 Å². The van der Waals surface area contributed by atoms with Gasteiger partial charge in [0.05, 0.1) is 13.0 Å². The van der Waals surface area contributed by atoms with Gasteiger partial charge in [0.15, 0.2) is 0 Å². The van der Waals surface area contributed by atoms with Gasteiger partial charge < -0.3 is 14.2 Å². The zero-order valence-corrected chi connectivity index (χ0v) is 12.2. The Hall–Kier alpha value is -1.78. The highest BCUT2D eigenvalue weighted by Gasteiger charge is 2.21. The summed E-state index contributed by atoms with van der Waals surface area (Å²) in [5.41, 5.74) is 0.634. The van der Waals surface area contributed by atoms with Crippen molar-refractivity contribution in [1.82, 2.24) is 9.47 Å². The van der Waals surface area contributed by atoms with Crippen LogP contribution in [0.2, 0.25) is 0 Å². The first-order valence-corrected chi connectivity index (χ1v) is 6.38. The van der Waals surface area contributed by atoms with E-state index in [0.29, 0.717) is 12.2 Å². The van der Waals surface area contributed by atoms with Gasteiger partial charge in [0.2, 0.25) is 0 Å². The molecule has 0 radical (unpaired) electrons. The van der Waals surface area contributed by atoms with Gasteiger partial charge in [-0.25, -0.2) is 0 Å². The number of esters is 1. The molecule has 0 N–H and O–H groups in total. The number of hydrogen-bond donors (Lipinski definition) is 0. The molecule has 106 valence electrons. The van der Waals surface area contributed by atoms with Crippen LogP contribution in [-0.4, -0.2) is 42.0 Å². The van der Waals surface area contributed by atoms with Crippen LogP contribution in [0.5, 0.6) is 0 Å². The maximum Gasteiger partial charge on any atom is 0.310 e. The first-order valence-electron chi connectivity index (χ1n) is 6.38. The Balaban J connectivity index is 2.77. The third kappa shape index (κ3) is 3.59. The van der Waals surface area contributed by atoms with Crippen LogP contribution < -0.4 is 0 Å². The van der Waals surface area contributed by atoms with Crippen molar-refractivity contribution >= 4 is 11.9 Å². The first kappa shape index (κ1) is 15.3. The second-order valence-corrected chi connectivity index (χ2v) is 5.00. The lowest BCUT2D eigenvalue weighted by Gasteiger charge is -2.22. The van der Waals surface area contributed by atoms with Crippen LogP contribution in [0.3, 0.4) is 0 Å². The molecule has 5 heteroatoms. The summed E-state index contributed by atoms with van der Waals surface area (Å²) in [5.74, 6) is -0.727. The van der Waals surface area contributed by atoms with Crippen LogP contribution in [0, 0.1) is 5.92 Å². The van der Waals surface area contributed by atoms with Crippen LogP contribution >= 0.6 is 0 Å². The molecular formula is C14H22N2O3. The van der Waals surface area contributed by atoms with Crippen LogP contribution in [0.1, 0.15) is 37.3 Å². The zero-order valence-electron chi connectivity index (χ0n) is 12.2. The van der Waals surface area contributed by atoms with Gasteiger partial charge >= 0.3 is 5.97 Å². The van der Waals surface area contributed by atoms with E-state index in [1.54, 1.807) is 24.9 Å². The standard InChI is InChI=1S/C14H22N2O3/c1-10(2)16-8-6-7-12(16)13(17)15(4)9-11(3)14(18)19-5/h6-8,10-11H,9H2,1-5H3. The molecule has 0 aliphatic heterocycles. The van der Waals surface area contributed by atoms with Crippen LogP contribution in [-0.2, 0) is 9.53 Å². The average molecular weight is 266 g/mol. The maximum atomic E-state index is 12.3.